The van der Waals surface area contributed by atoms with Crippen molar-refractivity contribution in [1.82, 2.24) is 0 Å². The molecule has 0 saturated heterocycles. The summed E-state index contributed by atoms with van der Waals surface area (Å²) in [6.07, 6.45) is 0. The van der Waals surface area contributed by atoms with Crippen molar-refractivity contribution >= 4 is 58.0 Å². The lowest BCUT2D eigenvalue weighted by Gasteiger charge is -2.07. The van der Waals surface area contributed by atoms with Crippen LogP contribution in [0.1, 0.15) is 11.5 Å². The fourth-order valence-electron chi connectivity index (χ4n) is 2.53. The molecule has 0 radical (unpaired) electrons. The third-order valence-electron chi connectivity index (χ3n) is 3.68. The summed E-state index contributed by atoms with van der Waals surface area (Å²) in [5.74, 6) is -1.02. The molecule has 1 fully saturated rings. The zero-order chi connectivity index (χ0) is 15.9. The van der Waals surface area contributed by atoms with Crippen molar-refractivity contribution in [2.75, 3.05) is 5.32 Å². The third-order valence-corrected chi connectivity index (χ3v) is 5.17. The lowest BCUT2D eigenvalue weighted by Crippen LogP contribution is -2.17. The van der Waals surface area contributed by atoms with Gasteiger partial charge >= 0.3 is 0 Å². The van der Waals surface area contributed by atoms with Crippen molar-refractivity contribution in [1.29, 1.82) is 0 Å². The Balaban J connectivity index is 1.78. The Labute approximate surface area is 148 Å². The molecule has 0 spiro atoms. The molecule has 1 aliphatic carbocycles. The SMILES string of the molecule is O=C(Nc1ccc(Cl)cc1Cl)[C@H]1[C@H](c2ccccc2)C1(Cl)Cl. The maximum atomic E-state index is 12.4. The number of hydrogen-bond donors (Lipinski definition) is 1. The summed E-state index contributed by atoms with van der Waals surface area (Å²) in [6.45, 7) is 0. The number of benzene rings is 2. The van der Waals surface area contributed by atoms with Gasteiger partial charge < -0.3 is 5.32 Å². The third kappa shape index (κ3) is 2.93. The molecule has 114 valence electrons. The molecule has 1 amide bonds. The highest BCUT2D eigenvalue weighted by Crippen LogP contribution is 2.65. The molecule has 2 nitrogen and oxygen atoms in total. The van der Waals surface area contributed by atoms with Crippen LogP contribution in [0.2, 0.25) is 10.0 Å². The van der Waals surface area contributed by atoms with Crippen molar-refractivity contribution in [2.24, 2.45) is 5.92 Å². The highest BCUT2D eigenvalue weighted by Gasteiger charge is 2.67. The summed E-state index contributed by atoms with van der Waals surface area (Å²) in [4.78, 5) is 12.4. The van der Waals surface area contributed by atoms with Crippen LogP contribution >= 0.6 is 46.4 Å². The number of anilines is 1. The molecule has 1 aliphatic rings. The molecule has 2 atom stereocenters. The first-order valence-corrected chi connectivity index (χ1v) is 8.11. The van der Waals surface area contributed by atoms with Crippen molar-refractivity contribution in [3.63, 3.8) is 0 Å². The molecule has 0 unspecified atom stereocenters. The van der Waals surface area contributed by atoms with E-state index in [2.05, 4.69) is 5.32 Å². The minimum absolute atomic E-state index is 0.233. The molecule has 0 aliphatic heterocycles. The van der Waals surface area contributed by atoms with Crippen LogP contribution in [0, 0.1) is 5.92 Å². The second-order valence-corrected chi connectivity index (χ2v) is 7.44. The van der Waals surface area contributed by atoms with E-state index < -0.39 is 10.3 Å². The Hall–Kier alpha value is -0.930. The molecule has 3 rings (SSSR count). The molecule has 0 heterocycles. The van der Waals surface area contributed by atoms with E-state index in [4.69, 9.17) is 46.4 Å². The zero-order valence-electron chi connectivity index (χ0n) is 11.2. The van der Waals surface area contributed by atoms with Crippen molar-refractivity contribution < 1.29 is 4.79 Å². The van der Waals surface area contributed by atoms with Gasteiger partial charge in [0, 0.05) is 10.9 Å². The first kappa shape index (κ1) is 15.9. The Bertz CT molecular complexity index is 717. The van der Waals surface area contributed by atoms with Gasteiger partial charge in [-0.25, -0.2) is 0 Å². The van der Waals surface area contributed by atoms with E-state index in [1.807, 2.05) is 30.3 Å². The van der Waals surface area contributed by atoms with Gasteiger partial charge in [0.15, 0.2) is 0 Å². The fraction of sp³-hybridized carbons (Fsp3) is 0.188. The molecule has 2 aromatic carbocycles. The van der Waals surface area contributed by atoms with Crippen LogP contribution in [-0.4, -0.2) is 10.2 Å². The summed E-state index contributed by atoms with van der Waals surface area (Å²) in [6, 6.07) is 14.4. The predicted molar refractivity (Wildman–Crippen MR) is 92.2 cm³/mol. The van der Waals surface area contributed by atoms with Gasteiger partial charge in [0.1, 0.15) is 4.33 Å². The minimum atomic E-state index is -1.11. The number of amides is 1. The number of carbonyl (C=O) groups excluding carboxylic acids is 1. The highest BCUT2D eigenvalue weighted by molar-refractivity contribution is 6.53. The summed E-state index contributed by atoms with van der Waals surface area (Å²) < 4.78 is -1.11. The van der Waals surface area contributed by atoms with Gasteiger partial charge in [-0.05, 0) is 23.8 Å². The molecule has 0 bridgehead atoms. The molecular formula is C16H11Cl4NO. The number of hydrogen-bond acceptors (Lipinski definition) is 1. The quantitative estimate of drug-likeness (QED) is 0.704. The van der Waals surface area contributed by atoms with Crippen molar-refractivity contribution in [2.45, 2.75) is 10.3 Å². The molecular weight excluding hydrogens is 364 g/mol. The van der Waals surface area contributed by atoms with E-state index in [0.29, 0.717) is 15.7 Å². The molecule has 22 heavy (non-hydrogen) atoms. The topological polar surface area (TPSA) is 29.1 Å². The first-order valence-electron chi connectivity index (χ1n) is 6.60. The van der Waals surface area contributed by atoms with E-state index in [-0.39, 0.29) is 11.8 Å². The van der Waals surface area contributed by atoms with Crippen LogP contribution in [0.5, 0.6) is 0 Å². The monoisotopic (exact) mass is 373 g/mol. The Morgan fingerprint density at radius 1 is 1.05 bits per heavy atom. The molecule has 6 heteroatoms. The highest BCUT2D eigenvalue weighted by atomic mass is 35.5. The van der Waals surface area contributed by atoms with Crippen molar-refractivity contribution in [3.8, 4) is 0 Å². The van der Waals surface area contributed by atoms with Gasteiger partial charge in [0.05, 0.1) is 16.6 Å². The lowest BCUT2D eigenvalue weighted by molar-refractivity contribution is -0.117. The predicted octanol–water partition coefficient (Wildman–Crippen LogP) is 5.52. The molecule has 1 N–H and O–H groups in total. The number of carbonyl (C=O) groups is 1. The first-order chi connectivity index (χ1) is 10.4. The van der Waals surface area contributed by atoms with Crippen LogP contribution in [-0.2, 0) is 4.79 Å². The second kappa shape index (κ2) is 5.93. The van der Waals surface area contributed by atoms with Crippen LogP contribution in [0.25, 0.3) is 0 Å². The Morgan fingerprint density at radius 3 is 2.36 bits per heavy atom. The zero-order valence-corrected chi connectivity index (χ0v) is 14.2. The van der Waals surface area contributed by atoms with Crippen molar-refractivity contribution in [3.05, 3.63) is 64.1 Å². The largest absolute Gasteiger partial charge is 0.324 e. The molecule has 0 aromatic heterocycles. The number of rotatable bonds is 3. The van der Waals surface area contributed by atoms with Crippen LogP contribution in [0.15, 0.2) is 48.5 Å². The maximum absolute atomic E-state index is 12.4. The maximum Gasteiger partial charge on any atom is 0.231 e. The lowest BCUT2D eigenvalue weighted by atomic mass is 10.1. The van der Waals surface area contributed by atoms with Gasteiger partial charge in [-0.2, -0.15) is 0 Å². The molecule has 1 saturated carbocycles. The Morgan fingerprint density at radius 2 is 1.73 bits per heavy atom. The normalized spacial score (nSPS) is 22.2. The van der Waals surface area contributed by atoms with Crippen LogP contribution < -0.4 is 5.32 Å². The summed E-state index contributed by atoms with van der Waals surface area (Å²) >= 11 is 24.5. The van der Waals surface area contributed by atoms with Gasteiger partial charge in [-0.3, -0.25) is 4.79 Å². The Kier molecular flexibility index (Phi) is 4.30. The summed E-state index contributed by atoms with van der Waals surface area (Å²) in [5, 5.41) is 3.62. The van der Waals surface area contributed by atoms with E-state index in [0.717, 1.165) is 5.56 Å². The fourth-order valence-corrected chi connectivity index (χ4v) is 3.81. The van der Waals surface area contributed by atoms with Crippen LogP contribution in [0.3, 0.4) is 0 Å². The smallest absolute Gasteiger partial charge is 0.231 e. The summed E-state index contributed by atoms with van der Waals surface area (Å²) in [7, 11) is 0. The van der Waals surface area contributed by atoms with E-state index in [9.17, 15) is 4.79 Å². The average Bonchev–Trinajstić information content (AvgIpc) is 3.05. The van der Waals surface area contributed by atoms with Gasteiger partial charge in [0.2, 0.25) is 5.91 Å². The van der Waals surface area contributed by atoms with E-state index >= 15 is 0 Å². The summed E-state index contributed by atoms with van der Waals surface area (Å²) in [5.41, 5.74) is 1.42. The second-order valence-electron chi connectivity index (χ2n) is 5.15. The van der Waals surface area contributed by atoms with E-state index in [1.54, 1.807) is 18.2 Å². The van der Waals surface area contributed by atoms with E-state index in [1.165, 1.54) is 0 Å². The number of alkyl halides is 2. The average molecular weight is 375 g/mol. The number of halogens is 4. The standard InChI is InChI=1S/C16H11Cl4NO/c17-10-6-7-12(11(18)8-10)21-15(22)14-13(16(14,19)20)9-4-2-1-3-5-9/h1-8,13-14H,(H,21,22)/t13-,14+/m0/s1. The number of nitrogens with one attached hydrogen (secondary N) is 1. The molecule has 2 aromatic rings. The van der Waals surface area contributed by atoms with Gasteiger partial charge in [-0.1, -0.05) is 53.5 Å². The van der Waals surface area contributed by atoms with Gasteiger partial charge in [0.25, 0.3) is 0 Å². The minimum Gasteiger partial charge on any atom is -0.324 e. The van der Waals surface area contributed by atoms with Gasteiger partial charge in [-0.15, -0.1) is 23.2 Å². The van der Waals surface area contributed by atoms with Crippen LogP contribution in [0.4, 0.5) is 5.69 Å².